The van der Waals surface area contributed by atoms with Crippen LogP contribution in [0.2, 0.25) is 0 Å². The van der Waals surface area contributed by atoms with Gasteiger partial charge in [0.2, 0.25) is 0 Å². The van der Waals surface area contributed by atoms with Crippen LogP contribution in [0.15, 0.2) is 54.6 Å². The fraction of sp³-hybridized carbons (Fsp3) is 0.348. The zero-order chi connectivity index (χ0) is 21.8. The second kappa shape index (κ2) is 9.28. The number of carbonyl (C=O) groups excluding carboxylic acids is 1. The number of nitro groups is 1. The van der Waals surface area contributed by atoms with E-state index in [0.717, 1.165) is 25.2 Å². The number of non-ortho nitro benzene ring substituents is 1. The van der Waals surface area contributed by atoms with Crippen molar-refractivity contribution in [2.24, 2.45) is 0 Å². The maximum Gasteiger partial charge on any atom is 0.293 e. The normalized spacial score (nSPS) is 15.6. The van der Waals surface area contributed by atoms with Gasteiger partial charge in [0, 0.05) is 43.7 Å². The summed E-state index contributed by atoms with van der Waals surface area (Å²) in [5.74, 6) is -0.171. The zero-order valence-corrected chi connectivity index (χ0v) is 17.5. The number of nitrogens with one attached hydrogen (secondary N) is 1. The number of carbonyl (C=O) groups is 1. The standard InChI is InChI=1S/C23H26N4O4/c1-17(15-25-10-12-31-13-11-25)26(16-18-6-3-2-4-7-18)23(28)20-14-19-8-5-9-21(27(29)30)22(19)24-20/h2-9,14,17,24H,10-13,15-16H2,1H3. The summed E-state index contributed by atoms with van der Waals surface area (Å²) in [6.45, 7) is 6.33. The molecule has 1 amide bonds. The SMILES string of the molecule is CC(CN1CCOCC1)N(Cc1ccccc1)C(=O)c1cc2cccc([N+](=O)[O-])c2[nH]1. The summed E-state index contributed by atoms with van der Waals surface area (Å²) in [4.78, 5) is 31.6. The number of nitro benzene ring substituents is 1. The van der Waals surface area contributed by atoms with Crippen molar-refractivity contribution >= 4 is 22.5 Å². The Balaban J connectivity index is 1.63. The molecule has 1 aliphatic rings. The number of ether oxygens (including phenoxy) is 1. The van der Waals surface area contributed by atoms with E-state index in [-0.39, 0.29) is 17.6 Å². The lowest BCUT2D eigenvalue weighted by molar-refractivity contribution is -0.383. The van der Waals surface area contributed by atoms with Gasteiger partial charge >= 0.3 is 0 Å². The Kier molecular flexibility index (Phi) is 6.29. The van der Waals surface area contributed by atoms with Crippen molar-refractivity contribution in [3.05, 3.63) is 76.0 Å². The van der Waals surface area contributed by atoms with Gasteiger partial charge in [0.05, 0.1) is 18.1 Å². The average Bonchev–Trinajstić information content (AvgIpc) is 3.22. The Labute approximate surface area is 180 Å². The van der Waals surface area contributed by atoms with E-state index in [4.69, 9.17) is 4.74 Å². The fourth-order valence-electron chi connectivity index (χ4n) is 4.03. The number of H-pyrrole nitrogens is 1. The van der Waals surface area contributed by atoms with Gasteiger partial charge in [-0.3, -0.25) is 19.8 Å². The summed E-state index contributed by atoms with van der Waals surface area (Å²) < 4.78 is 5.44. The lowest BCUT2D eigenvalue weighted by atomic mass is 10.1. The third kappa shape index (κ3) is 4.76. The van der Waals surface area contributed by atoms with E-state index in [1.54, 1.807) is 18.2 Å². The molecular weight excluding hydrogens is 396 g/mol. The summed E-state index contributed by atoms with van der Waals surface area (Å²) in [5, 5.41) is 12.0. The Bertz CT molecular complexity index is 1060. The fourth-order valence-corrected chi connectivity index (χ4v) is 4.03. The van der Waals surface area contributed by atoms with Crippen LogP contribution in [0.1, 0.15) is 23.0 Å². The van der Waals surface area contributed by atoms with Crippen LogP contribution >= 0.6 is 0 Å². The van der Waals surface area contributed by atoms with E-state index in [9.17, 15) is 14.9 Å². The third-order valence-electron chi connectivity index (χ3n) is 5.68. The second-order valence-corrected chi connectivity index (χ2v) is 7.86. The molecule has 1 atom stereocenters. The first-order valence-electron chi connectivity index (χ1n) is 10.4. The molecule has 3 aromatic rings. The number of morpholine rings is 1. The maximum atomic E-state index is 13.6. The molecule has 1 saturated heterocycles. The molecule has 1 unspecified atom stereocenters. The first kappa shape index (κ1) is 21.0. The highest BCUT2D eigenvalue weighted by Gasteiger charge is 2.26. The van der Waals surface area contributed by atoms with E-state index in [0.29, 0.717) is 36.4 Å². The van der Waals surface area contributed by atoms with E-state index in [1.165, 1.54) is 6.07 Å². The largest absolute Gasteiger partial charge is 0.379 e. The van der Waals surface area contributed by atoms with Gasteiger partial charge in [0.1, 0.15) is 11.2 Å². The summed E-state index contributed by atoms with van der Waals surface area (Å²) in [6.07, 6.45) is 0. The third-order valence-corrected chi connectivity index (χ3v) is 5.68. The number of nitrogens with zero attached hydrogens (tertiary/aromatic N) is 3. The highest BCUT2D eigenvalue weighted by atomic mass is 16.6. The molecule has 8 nitrogen and oxygen atoms in total. The minimum Gasteiger partial charge on any atom is -0.379 e. The van der Waals surface area contributed by atoms with Gasteiger partial charge in [-0.2, -0.15) is 0 Å². The highest BCUT2D eigenvalue weighted by molar-refractivity contribution is 6.00. The Morgan fingerprint density at radius 2 is 1.94 bits per heavy atom. The van der Waals surface area contributed by atoms with Crippen LogP contribution in [0.4, 0.5) is 5.69 Å². The number of aromatic nitrogens is 1. The maximum absolute atomic E-state index is 13.6. The molecular formula is C23H26N4O4. The minimum absolute atomic E-state index is 0.0347. The Morgan fingerprint density at radius 1 is 1.19 bits per heavy atom. The Morgan fingerprint density at radius 3 is 2.65 bits per heavy atom. The van der Waals surface area contributed by atoms with E-state index in [2.05, 4.69) is 9.88 Å². The molecule has 1 aliphatic heterocycles. The van der Waals surface area contributed by atoms with Gasteiger partial charge in [-0.1, -0.05) is 42.5 Å². The number of benzene rings is 2. The van der Waals surface area contributed by atoms with Gasteiger partial charge in [-0.05, 0) is 18.6 Å². The minimum atomic E-state index is -0.435. The molecule has 2 aromatic carbocycles. The van der Waals surface area contributed by atoms with Crippen LogP contribution in [0.25, 0.3) is 10.9 Å². The average molecular weight is 422 g/mol. The van der Waals surface area contributed by atoms with Crippen molar-refractivity contribution in [2.45, 2.75) is 19.5 Å². The monoisotopic (exact) mass is 422 g/mol. The van der Waals surface area contributed by atoms with Gasteiger partial charge in [0.25, 0.3) is 11.6 Å². The van der Waals surface area contributed by atoms with Crippen molar-refractivity contribution in [2.75, 3.05) is 32.8 Å². The quantitative estimate of drug-likeness (QED) is 0.465. The topological polar surface area (TPSA) is 91.7 Å². The van der Waals surface area contributed by atoms with Crippen LogP contribution in [0.5, 0.6) is 0 Å². The van der Waals surface area contributed by atoms with Gasteiger partial charge in [-0.25, -0.2) is 0 Å². The molecule has 0 radical (unpaired) electrons. The number of amides is 1. The van der Waals surface area contributed by atoms with Crippen molar-refractivity contribution in [3.8, 4) is 0 Å². The van der Waals surface area contributed by atoms with E-state index >= 15 is 0 Å². The van der Waals surface area contributed by atoms with Crippen molar-refractivity contribution in [1.29, 1.82) is 0 Å². The van der Waals surface area contributed by atoms with E-state index < -0.39 is 4.92 Å². The predicted octanol–water partition coefficient (Wildman–Crippen LogP) is 3.44. The molecule has 0 saturated carbocycles. The Hall–Kier alpha value is -3.23. The number of hydrogen-bond acceptors (Lipinski definition) is 5. The zero-order valence-electron chi connectivity index (χ0n) is 17.5. The lowest BCUT2D eigenvalue weighted by Gasteiger charge is -2.35. The number of hydrogen-bond donors (Lipinski definition) is 1. The molecule has 4 rings (SSSR count). The van der Waals surface area contributed by atoms with Crippen molar-refractivity contribution < 1.29 is 14.5 Å². The van der Waals surface area contributed by atoms with Crippen LogP contribution in [0.3, 0.4) is 0 Å². The molecule has 1 fully saturated rings. The second-order valence-electron chi connectivity index (χ2n) is 7.86. The first-order chi connectivity index (χ1) is 15.0. The van der Waals surface area contributed by atoms with Crippen LogP contribution in [-0.2, 0) is 11.3 Å². The van der Waals surface area contributed by atoms with Gasteiger partial charge in [-0.15, -0.1) is 0 Å². The number of fused-ring (bicyclic) bond motifs is 1. The number of rotatable bonds is 7. The molecule has 8 heteroatoms. The molecule has 2 heterocycles. The van der Waals surface area contributed by atoms with Crippen LogP contribution in [-0.4, -0.2) is 64.5 Å². The van der Waals surface area contributed by atoms with E-state index in [1.807, 2.05) is 42.2 Å². The molecule has 162 valence electrons. The van der Waals surface area contributed by atoms with Crippen molar-refractivity contribution in [1.82, 2.24) is 14.8 Å². The predicted molar refractivity (Wildman–Crippen MR) is 118 cm³/mol. The molecule has 31 heavy (non-hydrogen) atoms. The smallest absolute Gasteiger partial charge is 0.293 e. The summed E-state index contributed by atoms with van der Waals surface area (Å²) >= 11 is 0. The number of aromatic amines is 1. The molecule has 0 aliphatic carbocycles. The molecule has 1 aromatic heterocycles. The van der Waals surface area contributed by atoms with Crippen LogP contribution in [0, 0.1) is 10.1 Å². The molecule has 1 N–H and O–H groups in total. The summed E-state index contributed by atoms with van der Waals surface area (Å²) in [5.41, 5.74) is 1.73. The molecule has 0 spiro atoms. The molecule has 0 bridgehead atoms. The highest BCUT2D eigenvalue weighted by Crippen LogP contribution is 2.26. The van der Waals surface area contributed by atoms with Crippen LogP contribution < -0.4 is 0 Å². The first-order valence-corrected chi connectivity index (χ1v) is 10.4. The lowest BCUT2D eigenvalue weighted by Crippen LogP contribution is -2.48. The van der Waals surface area contributed by atoms with Gasteiger partial charge < -0.3 is 14.6 Å². The summed E-state index contributed by atoms with van der Waals surface area (Å²) in [6, 6.07) is 16.3. The van der Waals surface area contributed by atoms with Gasteiger partial charge in [0.15, 0.2) is 0 Å². The number of para-hydroxylation sites is 1. The van der Waals surface area contributed by atoms with Crippen molar-refractivity contribution in [3.63, 3.8) is 0 Å². The summed E-state index contributed by atoms with van der Waals surface area (Å²) in [7, 11) is 0.